The molecule has 0 radical (unpaired) electrons. The van der Waals surface area contributed by atoms with Crippen LogP contribution in [-0.4, -0.2) is 58.3 Å². The summed E-state index contributed by atoms with van der Waals surface area (Å²) in [5.41, 5.74) is 1.20. The Labute approximate surface area is 110 Å². The summed E-state index contributed by atoms with van der Waals surface area (Å²) in [4.78, 5) is 4.71. The van der Waals surface area contributed by atoms with Crippen LogP contribution in [0.2, 0.25) is 0 Å². The van der Waals surface area contributed by atoms with Gasteiger partial charge in [-0.3, -0.25) is 4.90 Å². The molecule has 0 aliphatic carbocycles. The van der Waals surface area contributed by atoms with Crippen LogP contribution in [-0.2, 0) is 0 Å². The minimum Gasteiger partial charge on any atom is -0.497 e. The topological polar surface area (TPSA) is 27.7 Å². The Balaban J connectivity index is 1.99. The van der Waals surface area contributed by atoms with Gasteiger partial charge in [-0.05, 0) is 19.2 Å². The monoisotopic (exact) mass is 249 g/mol. The van der Waals surface area contributed by atoms with Crippen molar-refractivity contribution in [1.29, 1.82) is 0 Å². The molecular formula is C14H23N3O. The number of ether oxygens (including phenoxy) is 1. The standard InChI is InChI=1S/C14H23N3O/c1-16-8-7-15-10-13(16)11-17(2)12-5-4-6-14(9-12)18-3/h4-6,9,13,15H,7-8,10-11H2,1-3H3. The molecule has 0 amide bonds. The van der Waals surface area contributed by atoms with Gasteiger partial charge in [0.25, 0.3) is 0 Å². The van der Waals surface area contributed by atoms with E-state index in [-0.39, 0.29) is 0 Å². The number of nitrogens with one attached hydrogen (secondary N) is 1. The lowest BCUT2D eigenvalue weighted by molar-refractivity contribution is 0.204. The molecule has 1 N–H and O–H groups in total. The number of anilines is 1. The number of rotatable bonds is 4. The molecule has 0 bridgehead atoms. The zero-order chi connectivity index (χ0) is 13.0. The van der Waals surface area contributed by atoms with E-state index in [0.717, 1.165) is 31.9 Å². The van der Waals surface area contributed by atoms with Crippen LogP contribution in [0.3, 0.4) is 0 Å². The average molecular weight is 249 g/mol. The highest BCUT2D eigenvalue weighted by atomic mass is 16.5. The van der Waals surface area contributed by atoms with Gasteiger partial charge in [0.15, 0.2) is 0 Å². The maximum absolute atomic E-state index is 5.27. The van der Waals surface area contributed by atoms with Crippen molar-refractivity contribution in [1.82, 2.24) is 10.2 Å². The molecule has 1 aliphatic rings. The van der Waals surface area contributed by atoms with Crippen molar-refractivity contribution in [2.75, 3.05) is 52.3 Å². The summed E-state index contributed by atoms with van der Waals surface area (Å²) >= 11 is 0. The second-order valence-electron chi connectivity index (χ2n) is 4.92. The molecule has 1 aromatic carbocycles. The van der Waals surface area contributed by atoms with Gasteiger partial charge < -0.3 is 15.0 Å². The van der Waals surface area contributed by atoms with E-state index in [1.54, 1.807) is 7.11 Å². The van der Waals surface area contributed by atoms with Crippen LogP contribution in [0, 0.1) is 0 Å². The Kier molecular flexibility index (Phi) is 4.44. The molecule has 0 aromatic heterocycles. The van der Waals surface area contributed by atoms with E-state index in [1.807, 2.05) is 12.1 Å². The smallest absolute Gasteiger partial charge is 0.120 e. The molecule has 4 nitrogen and oxygen atoms in total. The second kappa shape index (κ2) is 6.07. The van der Waals surface area contributed by atoms with E-state index in [1.165, 1.54) is 5.69 Å². The lowest BCUT2D eigenvalue weighted by Crippen LogP contribution is -2.53. The van der Waals surface area contributed by atoms with E-state index in [4.69, 9.17) is 4.74 Å². The number of likely N-dealkylation sites (N-methyl/N-ethyl adjacent to an activating group) is 2. The van der Waals surface area contributed by atoms with Crippen molar-refractivity contribution in [2.45, 2.75) is 6.04 Å². The molecule has 1 unspecified atom stereocenters. The molecule has 1 aromatic rings. The van der Waals surface area contributed by atoms with Crippen LogP contribution >= 0.6 is 0 Å². The van der Waals surface area contributed by atoms with Gasteiger partial charge in [0.2, 0.25) is 0 Å². The zero-order valence-corrected chi connectivity index (χ0v) is 11.5. The fourth-order valence-electron chi connectivity index (χ4n) is 2.34. The van der Waals surface area contributed by atoms with Crippen LogP contribution in [0.5, 0.6) is 5.75 Å². The molecule has 100 valence electrons. The third-order valence-corrected chi connectivity index (χ3v) is 3.62. The summed E-state index contributed by atoms with van der Waals surface area (Å²) in [6.07, 6.45) is 0. The predicted octanol–water partition coefficient (Wildman–Crippen LogP) is 1.03. The molecule has 0 saturated carbocycles. The fourth-order valence-corrected chi connectivity index (χ4v) is 2.34. The number of hydrogen-bond acceptors (Lipinski definition) is 4. The third kappa shape index (κ3) is 3.15. The van der Waals surface area contributed by atoms with Crippen molar-refractivity contribution in [3.05, 3.63) is 24.3 Å². The fraction of sp³-hybridized carbons (Fsp3) is 0.571. The Morgan fingerprint density at radius 2 is 2.33 bits per heavy atom. The maximum atomic E-state index is 5.27. The summed E-state index contributed by atoms with van der Waals surface area (Å²) < 4.78 is 5.27. The zero-order valence-electron chi connectivity index (χ0n) is 11.5. The maximum Gasteiger partial charge on any atom is 0.120 e. The van der Waals surface area contributed by atoms with Crippen LogP contribution in [0.25, 0.3) is 0 Å². The lowest BCUT2D eigenvalue weighted by Gasteiger charge is -2.36. The summed E-state index contributed by atoms with van der Waals surface area (Å²) in [5, 5.41) is 3.45. The molecule has 1 fully saturated rings. The number of methoxy groups -OCH3 is 1. The number of piperazine rings is 1. The van der Waals surface area contributed by atoms with E-state index < -0.39 is 0 Å². The van der Waals surface area contributed by atoms with Crippen LogP contribution < -0.4 is 15.0 Å². The van der Waals surface area contributed by atoms with Crippen LogP contribution in [0.1, 0.15) is 0 Å². The summed E-state index contributed by atoms with van der Waals surface area (Å²) in [6.45, 7) is 4.30. The Hall–Kier alpha value is -1.26. The average Bonchev–Trinajstić information content (AvgIpc) is 2.41. The van der Waals surface area contributed by atoms with E-state index in [2.05, 4.69) is 41.3 Å². The minimum atomic E-state index is 0.565. The highest BCUT2D eigenvalue weighted by molar-refractivity contribution is 5.50. The molecular weight excluding hydrogens is 226 g/mol. The van der Waals surface area contributed by atoms with Gasteiger partial charge in [0, 0.05) is 51.0 Å². The summed E-state index contributed by atoms with van der Waals surface area (Å²) in [5.74, 6) is 0.912. The molecule has 4 heteroatoms. The number of hydrogen-bond donors (Lipinski definition) is 1. The Morgan fingerprint density at radius 3 is 3.06 bits per heavy atom. The van der Waals surface area contributed by atoms with Gasteiger partial charge in [-0.15, -0.1) is 0 Å². The van der Waals surface area contributed by atoms with E-state index in [9.17, 15) is 0 Å². The molecule has 0 spiro atoms. The molecule has 1 atom stereocenters. The van der Waals surface area contributed by atoms with Gasteiger partial charge >= 0.3 is 0 Å². The van der Waals surface area contributed by atoms with Crippen molar-refractivity contribution in [2.24, 2.45) is 0 Å². The molecule has 1 heterocycles. The number of nitrogens with zero attached hydrogens (tertiary/aromatic N) is 2. The predicted molar refractivity (Wildman–Crippen MR) is 75.6 cm³/mol. The van der Waals surface area contributed by atoms with Crippen LogP contribution in [0.4, 0.5) is 5.69 Å². The first-order chi connectivity index (χ1) is 8.70. The lowest BCUT2D eigenvalue weighted by atomic mass is 10.2. The summed E-state index contributed by atoms with van der Waals surface area (Å²) in [6, 6.07) is 8.78. The Morgan fingerprint density at radius 1 is 1.50 bits per heavy atom. The molecule has 1 saturated heterocycles. The van der Waals surface area contributed by atoms with Gasteiger partial charge in [-0.2, -0.15) is 0 Å². The number of benzene rings is 1. The SMILES string of the molecule is COc1cccc(N(C)CC2CNCCN2C)c1. The largest absolute Gasteiger partial charge is 0.497 e. The Bertz CT molecular complexity index is 383. The van der Waals surface area contributed by atoms with E-state index >= 15 is 0 Å². The van der Waals surface area contributed by atoms with Crippen molar-refractivity contribution in [3.8, 4) is 5.75 Å². The first-order valence-electron chi connectivity index (χ1n) is 6.47. The highest BCUT2D eigenvalue weighted by Crippen LogP contribution is 2.20. The quantitative estimate of drug-likeness (QED) is 0.863. The normalized spacial score (nSPS) is 20.7. The molecule has 2 rings (SSSR count). The molecule has 1 aliphatic heterocycles. The second-order valence-corrected chi connectivity index (χ2v) is 4.92. The van der Waals surface area contributed by atoms with Gasteiger partial charge in [-0.1, -0.05) is 6.07 Å². The highest BCUT2D eigenvalue weighted by Gasteiger charge is 2.20. The first kappa shape index (κ1) is 13.2. The first-order valence-corrected chi connectivity index (χ1v) is 6.47. The van der Waals surface area contributed by atoms with Crippen LogP contribution in [0.15, 0.2) is 24.3 Å². The minimum absolute atomic E-state index is 0.565. The van der Waals surface area contributed by atoms with Gasteiger partial charge in [0.1, 0.15) is 5.75 Å². The van der Waals surface area contributed by atoms with Gasteiger partial charge in [-0.25, -0.2) is 0 Å². The van der Waals surface area contributed by atoms with E-state index in [0.29, 0.717) is 6.04 Å². The third-order valence-electron chi connectivity index (χ3n) is 3.62. The summed E-state index contributed by atoms with van der Waals surface area (Å²) in [7, 11) is 6.04. The van der Waals surface area contributed by atoms with Crippen molar-refractivity contribution >= 4 is 5.69 Å². The van der Waals surface area contributed by atoms with Crippen molar-refractivity contribution < 1.29 is 4.74 Å². The van der Waals surface area contributed by atoms with Crippen molar-refractivity contribution in [3.63, 3.8) is 0 Å². The molecule has 18 heavy (non-hydrogen) atoms. The van der Waals surface area contributed by atoms with Gasteiger partial charge in [0.05, 0.1) is 7.11 Å².